The zero-order valence-electron chi connectivity index (χ0n) is 9.85. The maximum atomic E-state index is 4.59. The fourth-order valence-electron chi connectivity index (χ4n) is 1.80. The summed E-state index contributed by atoms with van der Waals surface area (Å²) in [7, 11) is 0. The standard InChI is InChI=1S/C13H14Br2N2/c1-3-6-16-11-7-8(2)17-13-10(15)5-4-9(14)12(11)13/h4-5,7H,3,6H2,1-2H3,(H,16,17). The van der Waals surface area contributed by atoms with E-state index in [4.69, 9.17) is 0 Å². The summed E-state index contributed by atoms with van der Waals surface area (Å²) in [6, 6.07) is 6.15. The first-order valence-electron chi connectivity index (χ1n) is 5.62. The van der Waals surface area contributed by atoms with Crippen LogP contribution in [0.2, 0.25) is 0 Å². The molecule has 0 aliphatic heterocycles. The van der Waals surface area contributed by atoms with Gasteiger partial charge in [-0.3, -0.25) is 4.98 Å². The van der Waals surface area contributed by atoms with E-state index in [9.17, 15) is 0 Å². The van der Waals surface area contributed by atoms with Gasteiger partial charge in [-0.1, -0.05) is 22.9 Å². The third kappa shape index (κ3) is 2.63. The summed E-state index contributed by atoms with van der Waals surface area (Å²) in [5, 5.41) is 4.59. The van der Waals surface area contributed by atoms with Gasteiger partial charge in [0.15, 0.2) is 0 Å². The molecule has 90 valence electrons. The molecule has 2 nitrogen and oxygen atoms in total. The quantitative estimate of drug-likeness (QED) is 0.845. The molecule has 0 saturated carbocycles. The van der Waals surface area contributed by atoms with Crippen molar-refractivity contribution in [3.8, 4) is 0 Å². The van der Waals surface area contributed by atoms with Crippen molar-refractivity contribution in [3.63, 3.8) is 0 Å². The van der Waals surface area contributed by atoms with Crippen molar-refractivity contribution in [2.24, 2.45) is 0 Å². The van der Waals surface area contributed by atoms with Crippen LogP contribution in [0.25, 0.3) is 10.9 Å². The number of hydrogen-bond acceptors (Lipinski definition) is 2. The highest BCUT2D eigenvalue weighted by molar-refractivity contribution is 9.11. The van der Waals surface area contributed by atoms with E-state index in [1.807, 2.05) is 19.1 Å². The number of anilines is 1. The molecule has 0 aliphatic carbocycles. The van der Waals surface area contributed by atoms with Gasteiger partial charge in [-0.05, 0) is 47.5 Å². The van der Waals surface area contributed by atoms with Crippen molar-refractivity contribution in [1.82, 2.24) is 4.98 Å². The van der Waals surface area contributed by atoms with Crippen LogP contribution in [0.3, 0.4) is 0 Å². The summed E-state index contributed by atoms with van der Waals surface area (Å²) in [5.41, 5.74) is 3.16. The van der Waals surface area contributed by atoms with Gasteiger partial charge in [-0.2, -0.15) is 0 Å². The predicted octanol–water partition coefficient (Wildman–Crippen LogP) is 4.89. The van der Waals surface area contributed by atoms with Crippen LogP contribution in [0.1, 0.15) is 19.0 Å². The molecule has 2 aromatic rings. The molecule has 0 bridgehead atoms. The lowest BCUT2D eigenvalue weighted by molar-refractivity contribution is 0.980. The minimum absolute atomic E-state index is 0.970. The minimum Gasteiger partial charge on any atom is -0.384 e. The Morgan fingerprint density at radius 1 is 1.24 bits per heavy atom. The van der Waals surface area contributed by atoms with Gasteiger partial charge in [0.05, 0.1) is 5.52 Å². The Bertz CT molecular complexity index is 553. The van der Waals surface area contributed by atoms with Crippen LogP contribution in [0.4, 0.5) is 5.69 Å². The summed E-state index contributed by atoms with van der Waals surface area (Å²) < 4.78 is 2.10. The van der Waals surface area contributed by atoms with E-state index in [1.54, 1.807) is 0 Å². The van der Waals surface area contributed by atoms with E-state index >= 15 is 0 Å². The SMILES string of the molecule is CCCNc1cc(C)nc2c(Br)ccc(Br)c12. The summed E-state index contributed by atoms with van der Waals surface area (Å²) in [6.07, 6.45) is 1.11. The molecule has 0 atom stereocenters. The van der Waals surface area contributed by atoms with Crippen molar-refractivity contribution in [2.75, 3.05) is 11.9 Å². The van der Waals surface area contributed by atoms with Gasteiger partial charge in [0.25, 0.3) is 0 Å². The highest BCUT2D eigenvalue weighted by atomic mass is 79.9. The molecule has 0 amide bonds. The topological polar surface area (TPSA) is 24.9 Å². The summed E-state index contributed by atoms with van der Waals surface area (Å²) in [6.45, 7) is 5.15. The van der Waals surface area contributed by atoms with Crippen molar-refractivity contribution in [1.29, 1.82) is 0 Å². The van der Waals surface area contributed by atoms with E-state index in [1.165, 1.54) is 0 Å². The molecule has 0 saturated heterocycles. The fourth-order valence-corrected chi connectivity index (χ4v) is 2.75. The highest BCUT2D eigenvalue weighted by Gasteiger charge is 2.09. The number of fused-ring (bicyclic) bond motifs is 1. The Kier molecular flexibility index (Phi) is 4.05. The third-order valence-electron chi connectivity index (χ3n) is 2.55. The van der Waals surface area contributed by atoms with E-state index in [2.05, 4.69) is 55.2 Å². The predicted molar refractivity (Wildman–Crippen MR) is 80.7 cm³/mol. The highest BCUT2D eigenvalue weighted by Crippen LogP contribution is 2.34. The number of hydrogen-bond donors (Lipinski definition) is 1. The molecule has 17 heavy (non-hydrogen) atoms. The molecular weight excluding hydrogens is 344 g/mol. The number of halogens is 2. The smallest absolute Gasteiger partial charge is 0.0879 e. The van der Waals surface area contributed by atoms with E-state index in [0.29, 0.717) is 0 Å². The molecule has 0 unspecified atom stereocenters. The van der Waals surface area contributed by atoms with Crippen LogP contribution in [-0.2, 0) is 0 Å². The zero-order chi connectivity index (χ0) is 12.4. The Morgan fingerprint density at radius 2 is 1.94 bits per heavy atom. The second-order valence-corrected chi connectivity index (χ2v) is 5.70. The van der Waals surface area contributed by atoms with Gasteiger partial charge in [0, 0.05) is 32.3 Å². The van der Waals surface area contributed by atoms with E-state index < -0.39 is 0 Å². The molecule has 0 aliphatic rings. The second kappa shape index (κ2) is 5.36. The Hall–Kier alpha value is -0.610. The monoisotopic (exact) mass is 356 g/mol. The summed E-state index contributed by atoms with van der Waals surface area (Å²) >= 11 is 7.15. The minimum atomic E-state index is 0.970. The van der Waals surface area contributed by atoms with Crippen LogP contribution in [0.5, 0.6) is 0 Å². The molecule has 1 aromatic carbocycles. The van der Waals surface area contributed by atoms with Crippen molar-refractivity contribution < 1.29 is 0 Å². The number of nitrogens with one attached hydrogen (secondary N) is 1. The molecule has 2 rings (SSSR count). The average molecular weight is 358 g/mol. The van der Waals surface area contributed by atoms with Crippen LogP contribution < -0.4 is 5.32 Å². The first-order valence-corrected chi connectivity index (χ1v) is 7.21. The van der Waals surface area contributed by atoms with Crippen LogP contribution >= 0.6 is 31.9 Å². The molecule has 4 heteroatoms. The van der Waals surface area contributed by atoms with Crippen molar-refractivity contribution in [3.05, 3.63) is 32.8 Å². The van der Waals surface area contributed by atoms with Gasteiger partial charge in [0.1, 0.15) is 0 Å². The van der Waals surface area contributed by atoms with E-state index in [0.717, 1.165) is 44.2 Å². The van der Waals surface area contributed by atoms with Gasteiger partial charge >= 0.3 is 0 Å². The number of nitrogens with zero attached hydrogens (tertiary/aromatic N) is 1. The number of aromatic nitrogens is 1. The number of aryl methyl sites for hydroxylation is 1. The Balaban J connectivity index is 2.68. The molecule has 0 spiro atoms. The molecule has 1 N–H and O–H groups in total. The zero-order valence-corrected chi connectivity index (χ0v) is 13.0. The average Bonchev–Trinajstić information content (AvgIpc) is 2.30. The third-order valence-corrected chi connectivity index (χ3v) is 3.85. The Morgan fingerprint density at radius 3 is 2.65 bits per heavy atom. The number of benzene rings is 1. The van der Waals surface area contributed by atoms with Crippen LogP contribution in [0, 0.1) is 6.92 Å². The lowest BCUT2D eigenvalue weighted by Gasteiger charge is -2.12. The first kappa shape index (κ1) is 12.8. The van der Waals surface area contributed by atoms with Gasteiger partial charge in [0.2, 0.25) is 0 Å². The van der Waals surface area contributed by atoms with Crippen LogP contribution in [0.15, 0.2) is 27.1 Å². The molecule has 1 aromatic heterocycles. The number of rotatable bonds is 3. The summed E-state index contributed by atoms with van der Waals surface area (Å²) in [4.78, 5) is 4.59. The molecule has 0 fully saturated rings. The van der Waals surface area contributed by atoms with Crippen molar-refractivity contribution >= 4 is 48.5 Å². The fraction of sp³-hybridized carbons (Fsp3) is 0.308. The summed E-state index contributed by atoms with van der Waals surface area (Å²) in [5.74, 6) is 0. The maximum absolute atomic E-state index is 4.59. The lowest BCUT2D eigenvalue weighted by atomic mass is 10.1. The van der Waals surface area contributed by atoms with Crippen molar-refractivity contribution in [2.45, 2.75) is 20.3 Å². The molecular formula is C13H14Br2N2. The van der Waals surface area contributed by atoms with Gasteiger partial charge in [-0.25, -0.2) is 0 Å². The van der Waals surface area contributed by atoms with Gasteiger partial charge in [-0.15, -0.1) is 0 Å². The van der Waals surface area contributed by atoms with Gasteiger partial charge < -0.3 is 5.32 Å². The molecule has 0 radical (unpaired) electrons. The van der Waals surface area contributed by atoms with E-state index in [-0.39, 0.29) is 0 Å². The van der Waals surface area contributed by atoms with Crippen LogP contribution in [-0.4, -0.2) is 11.5 Å². The first-order chi connectivity index (χ1) is 8.13. The molecule has 1 heterocycles. The second-order valence-electron chi connectivity index (χ2n) is 3.99. The maximum Gasteiger partial charge on any atom is 0.0879 e. The Labute approximate surface area is 118 Å². The number of pyridine rings is 1. The largest absolute Gasteiger partial charge is 0.384 e. The normalized spacial score (nSPS) is 10.8. The lowest BCUT2D eigenvalue weighted by Crippen LogP contribution is -2.02.